The van der Waals surface area contributed by atoms with Crippen LogP contribution in [0.25, 0.3) is 0 Å². The maximum atomic E-state index is 10.1. The van der Waals surface area contributed by atoms with Crippen LogP contribution >= 0.6 is 0 Å². The van der Waals surface area contributed by atoms with Crippen LogP contribution in [-0.4, -0.2) is 36.0 Å². The largest absolute Gasteiger partial charge is 0.389 e. The van der Waals surface area contributed by atoms with Crippen LogP contribution in [0.15, 0.2) is 0 Å². The van der Waals surface area contributed by atoms with E-state index in [4.69, 9.17) is 4.74 Å². The second kappa shape index (κ2) is 5.26. The molecule has 0 heterocycles. The fourth-order valence-electron chi connectivity index (χ4n) is 4.09. The number of hydrogen-bond donors (Lipinski definition) is 2. The lowest BCUT2D eigenvalue weighted by atomic mass is 9.70. The predicted molar refractivity (Wildman–Crippen MR) is 82.7 cm³/mol. The standard InChI is InChI=1S/C17H33NO2/c1-15(2,3)18-10-13(19)11-20-14-9-12-7-8-17(14,6)16(12,4)5/h12-14,18-19H,7-11H2,1-6H3/t12-,13+,14+,17-/m1/s1. The molecule has 3 heteroatoms. The minimum atomic E-state index is -0.417. The predicted octanol–water partition coefficient (Wildman–Crippen LogP) is 2.97. The van der Waals surface area contributed by atoms with Gasteiger partial charge in [0.1, 0.15) is 0 Å². The number of aliphatic hydroxyl groups is 1. The van der Waals surface area contributed by atoms with Gasteiger partial charge in [0.25, 0.3) is 0 Å². The first-order chi connectivity index (χ1) is 9.06. The van der Waals surface area contributed by atoms with E-state index in [2.05, 4.69) is 46.9 Å². The Kier molecular flexibility index (Phi) is 4.27. The number of hydrogen-bond acceptors (Lipinski definition) is 3. The van der Waals surface area contributed by atoms with Crippen molar-refractivity contribution in [2.24, 2.45) is 16.7 Å². The molecule has 2 aliphatic rings. The van der Waals surface area contributed by atoms with Crippen molar-refractivity contribution in [2.75, 3.05) is 13.2 Å². The van der Waals surface area contributed by atoms with Gasteiger partial charge in [0, 0.05) is 12.1 Å². The molecule has 0 aliphatic heterocycles. The van der Waals surface area contributed by atoms with E-state index in [0.717, 1.165) is 5.92 Å². The lowest BCUT2D eigenvalue weighted by Gasteiger charge is -2.39. The Morgan fingerprint density at radius 2 is 1.95 bits per heavy atom. The molecule has 2 rings (SSSR count). The van der Waals surface area contributed by atoms with Gasteiger partial charge in [-0.2, -0.15) is 0 Å². The summed E-state index contributed by atoms with van der Waals surface area (Å²) in [4.78, 5) is 0. The molecule has 2 aliphatic carbocycles. The van der Waals surface area contributed by atoms with Crippen LogP contribution in [0.3, 0.4) is 0 Å². The molecule has 2 bridgehead atoms. The van der Waals surface area contributed by atoms with Gasteiger partial charge in [-0.3, -0.25) is 0 Å². The van der Waals surface area contributed by atoms with E-state index in [9.17, 15) is 5.11 Å². The molecule has 0 aromatic rings. The topological polar surface area (TPSA) is 41.5 Å². The average Bonchev–Trinajstić information content (AvgIpc) is 2.65. The van der Waals surface area contributed by atoms with E-state index in [1.807, 2.05) is 0 Å². The third-order valence-electron chi connectivity index (χ3n) is 6.07. The van der Waals surface area contributed by atoms with Crippen molar-refractivity contribution in [3.8, 4) is 0 Å². The van der Waals surface area contributed by atoms with Gasteiger partial charge in [-0.25, -0.2) is 0 Å². The number of aliphatic hydroxyl groups excluding tert-OH is 1. The van der Waals surface area contributed by atoms with Crippen molar-refractivity contribution in [3.63, 3.8) is 0 Å². The summed E-state index contributed by atoms with van der Waals surface area (Å²) >= 11 is 0. The third-order valence-corrected chi connectivity index (χ3v) is 6.07. The summed E-state index contributed by atoms with van der Waals surface area (Å²) < 4.78 is 6.11. The van der Waals surface area contributed by atoms with Crippen molar-refractivity contribution in [1.82, 2.24) is 5.32 Å². The Morgan fingerprint density at radius 1 is 1.30 bits per heavy atom. The van der Waals surface area contributed by atoms with Crippen molar-refractivity contribution in [2.45, 2.75) is 78.6 Å². The monoisotopic (exact) mass is 283 g/mol. The minimum absolute atomic E-state index is 0.0430. The Bertz CT molecular complexity index is 347. The van der Waals surface area contributed by atoms with Crippen LogP contribution in [0.2, 0.25) is 0 Å². The first-order valence-corrected chi connectivity index (χ1v) is 8.11. The normalized spacial score (nSPS) is 37.4. The summed E-state index contributed by atoms with van der Waals surface area (Å²) in [7, 11) is 0. The van der Waals surface area contributed by atoms with E-state index in [1.54, 1.807) is 0 Å². The Balaban J connectivity index is 1.81. The smallest absolute Gasteiger partial charge is 0.0898 e. The van der Waals surface area contributed by atoms with Gasteiger partial charge in [0.15, 0.2) is 0 Å². The summed E-state index contributed by atoms with van der Waals surface area (Å²) in [5, 5.41) is 13.4. The lowest BCUT2D eigenvalue weighted by Crippen LogP contribution is -2.43. The number of nitrogens with one attached hydrogen (secondary N) is 1. The van der Waals surface area contributed by atoms with E-state index in [1.165, 1.54) is 19.3 Å². The maximum absolute atomic E-state index is 10.1. The van der Waals surface area contributed by atoms with Crippen molar-refractivity contribution >= 4 is 0 Å². The van der Waals surface area contributed by atoms with Gasteiger partial charge < -0.3 is 15.2 Å². The Hall–Kier alpha value is -0.120. The summed E-state index contributed by atoms with van der Waals surface area (Å²) in [5.74, 6) is 0.794. The third kappa shape index (κ3) is 2.90. The summed E-state index contributed by atoms with van der Waals surface area (Å²) in [6.45, 7) is 14.5. The summed E-state index contributed by atoms with van der Waals surface area (Å²) in [5.41, 5.74) is 0.711. The fourth-order valence-corrected chi connectivity index (χ4v) is 4.09. The van der Waals surface area contributed by atoms with Crippen LogP contribution in [0.1, 0.15) is 60.8 Å². The van der Waals surface area contributed by atoms with Crippen LogP contribution in [0, 0.1) is 16.7 Å². The molecule has 0 aromatic heterocycles. The quantitative estimate of drug-likeness (QED) is 0.815. The molecule has 2 fully saturated rings. The molecule has 0 saturated heterocycles. The van der Waals surface area contributed by atoms with E-state index in [0.29, 0.717) is 24.7 Å². The van der Waals surface area contributed by atoms with Gasteiger partial charge in [-0.1, -0.05) is 20.8 Å². The first-order valence-electron chi connectivity index (χ1n) is 8.11. The summed E-state index contributed by atoms with van der Waals surface area (Å²) in [6, 6.07) is 0. The molecule has 4 atom stereocenters. The van der Waals surface area contributed by atoms with E-state index >= 15 is 0 Å². The number of fused-ring (bicyclic) bond motifs is 2. The maximum Gasteiger partial charge on any atom is 0.0898 e. The van der Waals surface area contributed by atoms with Gasteiger partial charge in [0.05, 0.1) is 18.8 Å². The van der Waals surface area contributed by atoms with Crippen LogP contribution < -0.4 is 5.32 Å². The number of β-amino-alcohol motifs (C(OH)–C–C–N with tert-alkyl or cyclic N) is 1. The molecule has 0 spiro atoms. The zero-order valence-electron chi connectivity index (χ0n) is 14.1. The van der Waals surface area contributed by atoms with Crippen molar-refractivity contribution < 1.29 is 9.84 Å². The van der Waals surface area contributed by atoms with Gasteiger partial charge in [-0.15, -0.1) is 0 Å². The molecule has 0 radical (unpaired) electrons. The summed E-state index contributed by atoms with van der Waals surface area (Å²) in [6.07, 6.45) is 3.69. The van der Waals surface area contributed by atoms with Gasteiger partial charge in [0.2, 0.25) is 0 Å². The molecule has 2 saturated carbocycles. The SMILES string of the molecule is CC(C)(C)NC[C@H](O)CO[C@H]1C[C@H]2CC[C@@]1(C)C2(C)C. The molecule has 0 unspecified atom stereocenters. The Labute approximate surface area is 124 Å². The molecule has 118 valence electrons. The highest BCUT2D eigenvalue weighted by molar-refractivity contribution is 5.11. The second-order valence-corrected chi connectivity index (χ2v) is 8.72. The highest BCUT2D eigenvalue weighted by Gasteiger charge is 2.61. The highest BCUT2D eigenvalue weighted by atomic mass is 16.5. The second-order valence-electron chi connectivity index (χ2n) is 8.72. The van der Waals surface area contributed by atoms with Crippen molar-refractivity contribution in [1.29, 1.82) is 0 Å². The van der Waals surface area contributed by atoms with Crippen LogP contribution in [-0.2, 0) is 4.74 Å². The molecule has 20 heavy (non-hydrogen) atoms. The molecule has 0 amide bonds. The average molecular weight is 283 g/mol. The van der Waals surface area contributed by atoms with Crippen LogP contribution in [0.5, 0.6) is 0 Å². The zero-order chi connectivity index (χ0) is 15.2. The lowest BCUT2D eigenvalue weighted by molar-refractivity contribution is -0.0748. The first kappa shape index (κ1) is 16.3. The van der Waals surface area contributed by atoms with E-state index < -0.39 is 6.10 Å². The molecule has 2 N–H and O–H groups in total. The molecular weight excluding hydrogens is 250 g/mol. The zero-order valence-corrected chi connectivity index (χ0v) is 14.1. The van der Waals surface area contributed by atoms with E-state index in [-0.39, 0.29) is 11.0 Å². The van der Waals surface area contributed by atoms with Crippen molar-refractivity contribution in [3.05, 3.63) is 0 Å². The molecular formula is C17H33NO2. The minimum Gasteiger partial charge on any atom is -0.389 e. The van der Waals surface area contributed by atoms with Gasteiger partial charge in [-0.05, 0) is 56.8 Å². The van der Waals surface area contributed by atoms with Gasteiger partial charge >= 0.3 is 0 Å². The molecule has 0 aromatic carbocycles. The number of ether oxygens (including phenoxy) is 1. The highest BCUT2D eigenvalue weighted by Crippen LogP contribution is 2.66. The number of rotatable bonds is 5. The molecule has 3 nitrogen and oxygen atoms in total. The Morgan fingerprint density at radius 3 is 2.40 bits per heavy atom. The fraction of sp³-hybridized carbons (Fsp3) is 1.00. The van der Waals surface area contributed by atoms with Crippen LogP contribution in [0.4, 0.5) is 0 Å².